The van der Waals surface area contributed by atoms with E-state index in [2.05, 4.69) is 24.5 Å². The van der Waals surface area contributed by atoms with Crippen LogP contribution in [-0.2, 0) is 22.6 Å². The molecule has 0 fully saturated rings. The molecule has 0 saturated heterocycles. The first-order valence-electron chi connectivity index (χ1n) is 14.3. The monoisotopic (exact) mass is 562 g/mol. The first-order valence-corrected chi connectivity index (χ1v) is 14.3. The van der Waals surface area contributed by atoms with Gasteiger partial charge in [0.2, 0.25) is 5.91 Å². The molecule has 0 saturated carbocycles. The van der Waals surface area contributed by atoms with Gasteiger partial charge in [-0.25, -0.2) is 0 Å². The third-order valence-corrected chi connectivity index (χ3v) is 7.32. The van der Waals surface area contributed by atoms with Gasteiger partial charge in [-0.05, 0) is 42.5 Å². The van der Waals surface area contributed by atoms with Crippen molar-refractivity contribution in [2.45, 2.75) is 65.5 Å². The van der Waals surface area contributed by atoms with E-state index >= 15 is 0 Å². The van der Waals surface area contributed by atoms with Crippen LogP contribution in [0.15, 0.2) is 54.6 Å². The highest BCUT2D eigenvalue weighted by Gasteiger charge is 2.26. The van der Waals surface area contributed by atoms with Gasteiger partial charge in [-0.1, -0.05) is 70.0 Å². The van der Waals surface area contributed by atoms with E-state index < -0.39 is 17.9 Å². The second-order valence-electron chi connectivity index (χ2n) is 9.98. The number of benzene rings is 2. The summed E-state index contributed by atoms with van der Waals surface area (Å²) in [7, 11) is 3.18. The predicted octanol–water partition coefficient (Wildman–Crippen LogP) is 4.83. The maximum Gasteiger partial charge on any atom is 0.272 e. The van der Waals surface area contributed by atoms with E-state index in [1.807, 2.05) is 53.2 Å². The summed E-state index contributed by atoms with van der Waals surface area (Å²) in [5.74, 6) is 0.593. The number of rotatable bonds is 16. The van der Waals surface area contributed by atoms with E-state index in [1.54, 1.807) is 27.2 Å². The molecule has 2 aromatic carbocycles. The number of nitrogens with one attached hydrogen (secondary N) is 2. The van der Waals surface area contributed by atoms with Crippen molar-refractivity contribution >= 4 is 17.6 Å². The van der Waals surface area contributed by atoms with Crippen LogP contribution in [0.5, 0.6) is 11.5 Å². The molecule has 1 aromatic heterocycles. The number of Topliss-reactive ketones (excluding diaryl/α,β-unsaturated/α-hetero) is 1. The molecule has 2 N–H and O–H groups in total. The Balaban J connectivity index is 1.95. The van der Waals surface area contributed by atoms with Gasteiger partial charge in [-0.2, -0.15) is 5.10 Å². The first kappa shape index (κ1) is 31.4. The lowest BCUT2D eigenvalue weighted by atomic mass is 10.0. The molecule has 0 bridgehead atoms. The fourth-order valence-corrected chi connectivity index (χ4v) is 4.65. The molecule has 1 heterocycles. The van der Waals surface area contributed by atoms with Crippen LogP contribution in [0.2, 0.25) is 0 Å². The minimum absolute atomic E-state index is 0.0746. The second kappa shape index (κ2) is 15.6. The van der Waals surface area contributed by atoms with Crippen molar-refractivity contribution in [1.29, 1.82) is 0 Å². The lowest BCUT2D eigenvalue weighted by molar-refractivity contribution is -0.126. The Kier molecular flexibility index (Phi) is 11.9. The summed E-state index contributed by atoms with van der Waals surface area (Å²) in [6.07, 6.45) is 3.18. The van der Waals surface area contributed by atoms with Crippen molar-refractivity contribution < 1.29 is 23.9 Å². The van der Waals surface area contributed by atoms with Crippen molar-refractivity contribution in [2.75, 3.05) is 20.8 Å². The molecule has 220 valence electrons. The molecular weight excluding hydrogens is 520 g/mol. The Bertz CT molecular complexity index is 1280. The predicted molar refractivity (Wildman–Crippen MR) is 159 cm³/mol. The summed E-state index contributed by atoms with van der Waals surface area (Å²) in [6, 6.07) is 16.1. The lowest BCUT2D eigenvalue weighted by Gasteiger charge is -2.18. The molecule has 0 radical (unpaired) electrons. The number of ether oxygens (including phenoxy) is 2. The molecule has 3 aromatic rings. The minimum Gasteiger partial charge on any atom is -0.496 e. The molecule has 0 spiro atoms. The number of carbonyl (C=O) groups excluding carboxylic acids is 3. The Labute approximate surface area is 242 Å². The highest BCUT2D eigenvalue weighted by Crippen LogP contribution is 2.39. The van der Waals surface area contributed by atoms with E-state index in [4.69, 9.17) is 14.6 Å². The Morgan fingerprint density at radius 1 is 0.927 bits per heavy atom. The van der Waals surface area contributed by atoms with Crippen LogP contribution in [-0.4, -0.2) is 54.2 Å². The fraction of sp³-hybridized carbons (Fsp3) is 0.438. The van der Waals surface area contributed by atoms with E-state index in [0.717, 1.165) is 18.4 Å². The van der Waals surface area contributed by atoms with Crippen LogP contribution >= 0.6 is 0 Å². The van der Waals surface area contributed by atoms with Crippen LogP contribution in [0.3, 0.4) is 0 Å². The summed E-state index contributed by atoms with van der Waals surface area (Å²) in [4.78, 5) is 38.5. The van der Waals surface area contributed by atoms with Gasteiger partial charge in [0.15, 0.2) is 11.5 Å². The Morgan fingerprint density at radius 2 is 1.59 bits per heavy atom. The summed E-state index contributed by atoms with van der Waals surface area (Å²) < 4.78 is 13.1. The third kappa shape index (κ3) is 8.42. The zero-order valence-corrected chi connectivity index (χ0v) is 24.7. The Morgan fingerprint density at radius 3 is 2.17 bits per heavy atom. The van der Waals surface area contributed by atoms with Gasteiger partial charge in [-0.15, -0.1) is 0 Å². The molecule has 9 heteroatoms. The molecular formula is C32H42N4O5. The van der Waals surface area contributed by atoms with Crippen LogP contribution in [0.4, 0.5) is 0 Å². The number of aryl methyl sites for hydroxylation is 1. The minimum atomic E-state index is -0.846. The van der Waals surface area contributed by atoms with Gasteiger partial charge < -0.3 is 20.1 Å². The van der Waals surface area contributed by atoms with Crippen molar-refractivity contribution in [3.63, 3.8) is 0 Å². The fourth-order valence-electron chi connectivity index (χ4n) is 4.65. The number of hydrogen-bond donors (Lipinski definition) is 2. The van der Waals surface area contributed by atoms with E-state index in [-0.39, 0.29) is 18.0 Å². The molecule has 0 aliphatic rings. The number of ketones is 1. The standard InChI is InChI=1S/C32H42N4O5/c1-6-22(7-2)21-36-27(30-28(40-4)15-12-16-29(30)41-5)19-26(35-36)32(39)34-25(31(38)33-20-24(37)8-3)18-17-23-13-10-9-11-14-23/h9-16,19,22,25H,6-8,17-18,20-21H2,1-5H3,(H,33,38)(H,34,39)/t25-/m0/s1. The average Bonchev–Trinajstić information content (AvgIpc) is 3.43. The highest BCUT2D eigenvalue weighted by atomic mass is 16.5. The number of amides is 2. The summed E-state index contributed by atoms with van der Waals surface area (Å²) in [5.41, 5.74) is 2.62. The zero-order valence-electron chi connectivity index (χ0n) is 24.7. The van der Waals surface area contributed by atoms with Gasteiger partial charge in [0.25, 0.3) is 5.91 Å². The smallest absolute Gasteiger partial charge is 0.272 e. The van der Waals surface area contributed by atoms with E-state index in [0.29, 0.717) is 54.5 Å². The van der Waals surface area contributed by atoms with Crippen LogP contribution < -0.4 is 20.1 Å². The van der Waals surface area contributed by atoms with Crippen molar-refractivity contribution in [3.8, 4) is 22.8 Å². The van der Waals surface area contributed by atoms with E-state index in [9.17, 15) is 14.4 Å². The molecule has 0 aliphatic carbocycles. The maximum absolute atomic E-state index is 13.6. The van der Waals surface area contributed by atoms with Gasteiger partial charge in [-0.3, -0.25) is 19.1 Å². The summed E-state index contributed by atoms with van der Waals surface area (Å²) in [6.45, 7) is 6.54. The number of methoxy groups -OCH3 is 2. The van der Waals surface area contributed by atoms with Gasteiger partial charge in [0, 0.05) is 13.0 Å². The van der Waals surface area contributed by atoms with Gasteiger partial charge in [0.1, 0.15) is 17.5 Å². The van der Waals surface area contributed by atoms with Crippen LogP contribution in [0, 0.1) is 5.92 Å². The largest absolute Gasteiger partial charge is 0.496 e. The van der Waals surface area contributed by atoms with Crippen molar-refractivity contribution in [2.24, 2.45) is 5.92 Å². The molecule has 41 heavy (non-hydrogen) atoms. The van der Waals surface area contributed by atoms with Gasteiger partial charge >= 0.3 is 0 Å². The number of carbonyl (C=O) groups is 3. The lowest BCUT2D eigenvalue weighted by Crippen LogP contribution is -2.48. The zero-order chi connectivity index (χ0) is 29.8. The number of aromatic nitrogens is 2. The summed E-state index contributed by atoms with van der Waals surface area (Å²) >= 11 is 0. The normalized spacial score (nSPS) is 11.7. The van der Waals surface area contributed by atoms with Crippen molar-refractivity contribution in [1.82, 2.24) is 20.4 Å². The van der Waals surface area contributed by atoms with Gasteiger partial charge in [0.05, 0.1) is 32.0 Å². The molecule has 0 unspecified atom stereocenters. The molecule has 0 aliphatic heterocycles. The third-order valence-electron chi connectivity index (χ3n) is 7.32. The average molecular weight is 563 g/mol. The highest BCUT2D eigenvalue weighted by molar-refractivity contribution is 5.98. The van der Waals surface area contributed by atoms with Crippen LogP contribution in [0.1, 0.15) is 62.5 Å². The molecule has 3 rings (SSSR count). The quantitative estimate of drug-likeness (QED) is 0.259. The Hall–Kier alpha value is -4.14. The molecule has 9 nitrogen and oxygen atoms in total. The maximum atomic E-state index is 13.6. The number of hydrogen-bond acceptors (Lipinski definition) is 6. The summed E-state index contributed by atoms with van der Waals surface area (Å²) in [5, 5.41) is 10.3. The SMILES string of the molecule is CCC(=O)CNC(=O)[C@H](CCc1ccccc1)NC(=O)c1cc(-c2c(OC)cccc2OC)n(CC(CC)CC)n1. The van der Waals surface area contributed by atoms with E-state index in [1.165, 1.54) is 0 Å². The topological polar surface area (TPSA) is 112 Å². The van der Waals surface area contributed by atoms with Crippen LogP contribution in [0.25, 0.3) is 11.3 Å². The molecule has 2 amide bonds. The molecule has 1 atom stereocenters. The second-order valence-corrected chi connectivity index (χ2v) is 9.98. The number of nitrogens with zero attached hydrogens (tertiary/aromatic N) is 2. The van der Waals surface area contributed by atoms with Crippen molar-refractivity contribution in [3.05, 3.63) is 65.9 Å². The first-order chi connectivity index (χ1) is 19.8.